The summed E-state index contributed by atoms with van der Waals surface area (Å²) in [6.45, 7) is 0.436. The molecule has 0 atom stereocenters. The lowest BCUT2D eigenvalue weighted by atomic mass is 10.2. The van der Waals surface area contributed by atoms with E-state index in [2.05, 4.69) is 10.3 Å². The number of nitrogens with zero attached hydrogens (tertiary/aromatic N) is 3. The number of aromatic nitrogens is 3. The molecule has 0 aliphatic rings. The summed E-state index contributed by atoms with van der Waals surface area (Å²) in [6, 6.07) is 5.72. The van der Waals surface area contributed by atoms with Crippen LogP contribution in [-0.2, 0) is 6.54 Å². The van der Waals surface area contributed by atoms with Crippen molar-refractivity contribution in [1.82, 2.24) is 15.0 Å². The van der Waals surface area contributed by atoms with Crippen molar-refractivity contribution in [2.24, 2.45) is 5.73 Å². The number of ether oxygens (including phenoxy) is 1. The van der Waals surface area contributed by atoms with Crippen LogP contribution in [-0.4, -0.2) is 22.1 Å². The molecule has 0 spiro atoms. The number of methoxy groups -OCH3 is 1. The van der Waals surface area contributed by atoms with E-state index >= 15 is 0 Å². The van der Waals surface area contributed by atoms with E-state index in [0.29, 0.717) is 6.54 Å². The number of nitrogens with two attached hydrogens (primary N) is 1. The fourth-order valence-electron chi connectivity index (χ4n) is 1.41. The van der Waals surface area contributed by atoms with Gasteiger partial charge < -0.3 is 10.5 Å². The van der Waals surface area contributed by atoms with Crippen LogP contribution in [0.15, 0.2) is 30.6 Å². The van der Waals surface area contributed by atoms with Gasteiger partial charge in [0.05, 0.1) is 25.2 Å². The first-order valence-electron chi connectivity index (χ1n) is 4.59. The number of benzene rings is 1. The molecule has 5 nitrogen and oxygen atoms in total. The fraction of sp³-hybridized carbons (Fsp3) is 0.200. The zero-order valence-electron chi connectivity index (χ0n) is 8.42. The minimum absolute atomic E-state index is 0.436. The highest BCUT2D eigenvalue weighted by molar-refractivity contribution is 5.43. The Morgan fingerprint density at radius 2 is 2.33 bits per heavy atom. The van der Waals surface area contributed by atoms with Crippen molar-refractivity contribution in [3.05, 3.63) is 36.2 Å². The van der Waals surface area contributed by atoms with E-state index in [4.69, 9.17) is 10.5 Å². The Labute approximate surface area is 87.5 Å². The van der Waals surface area contributed by atoms with E-state index in [1.165, 1.54) is 0 Å². The normalized spacial score (nSPS) is 10.3. The average molecular weight is 204 g/mol. The molecule has 0 bridgehead atoms. The minimum Gasteiger partial charge on any atom is -0.496 e. The monoisotopic (exact) mass is 204 g/mol. The lowest BCUT2D eigenvalue weighted by Crippen LogP contribution is -2.02. The largest absolute Gasteiger partial charge is 0.496 e. The standard InChI is InChI=1S/C10H12N4O/c1-15-10-3-2-9(6-8(10)7-11)14-5-4-12-13-14/h2-6H,7,11H2,1H3. The lowest BCUT2D eigenvalue weighted by Gasteiger charge is -2.08. The average Bonchev–Trinajstić information content (AvgIpc) is 2.81. The quantitative estimate of drug-likeness (QED) is 0.800. The van der Waals surface area contributed by atoms with Gasteiger partial charge in [-0.15, -0.1) is 5.10 Å². The molecule has 1 heterocycles. The summed E-state index contributed by atoms with van der Waals surface area (Å²) in [6.07, 6.45) is 3.41. The molecule has 0 saturated heterocycles. The molecule has 2 N–H and O–H groups in total. The summed E-state index contributed by atoms with van der Waals surface area (Å²) < 4.78 is 6.86. The van der Waals surface area contributed by atoms with Gasteiger partial charge in [0.2, 0.25) is 0 Å². The second-order valence-corrected chi connectivity index (χ2v) is 3.05. The summed E-state index contributed by atoms with van der Waals surface area (Å²) in [5.74, 6) is 0.793. The fourth-order valence-corrected chi connectivity index (χ4v) is 1.41. The molecular weight excluding hydrogens is 192 g/mol. The van der Waals surface area contributed by atoms with Gasteiger partial charge in [0, 0.05) is 12.1 Å². The molecule has 0 radical (unpaired) electrons. The van der Waals surface area contributed by atoms with E-state index in [9.17, 15) is 0 Å². The summed E-state index contributed by atoms with van der Waals surface area (Å²) in [5, 5.41) is 7.65. The van der Waals surface area contributed by atoms with Gasteiger partial charge in [0.25, 0.3) is 0 Å². The predicted octanol–water partition coefficient (Wildman–Crippen LogP) is 0.735. The maximum atomic E-state index is 5.62. The van der Waals surface area contributed by atoms with Gasteiger partial charge in [-0.1, -0.05) is 5.21 Å². The van der Waals surface area contributed by atoms with E-state index in [0.717, 1.165) is 17.0 Å². The number of hydrogen-bond acceptors (Lipinski definition) is 4. The SMILES string of the molecule is COc1ccc(-n2ccnn2)cc1CN. The topological polar surface area (TPSA) is 66.0 Å². The third-order valence-corrected chi connectivity index (χ3v) is 2.17. The Morgan fingerprint density at radius 3 is 2.93 bits per heavy atom. The highest BCUT2D eigenvalue weighted by Crippen LogP contribution is 2.20. The zero-order chi connectivity index (χ0) is 10.7. The van der Waals surface area contributed by atoms with Gasteiger partial charge in [0.15, 0.2) is 0 Å². The van der Waals surface area contributed by atoms with Gasteiger partial charge in [0.1, 0.15) is 5.75 Å². The van der Waals surface area contributed by atoms with E-state index in [1.54, 1.807) is 24.2 Å². The van der Waals surface area contributed by atoms with E-state index < -0.39 is 0 Å². The molecule has 5 heteroatoms. The van der Waals surface area contributed by atoms with E-state index in [-0.39, 0.29) is 0 Å². The Kier molecular flexibility index (Phi) is 2.64. The Bertz CT molecular complexity index is 439. The molecule has 78 valence electrons. The Morgan fingerprint density at radius 1 is 1.47 bits per heavy atom. The molecule has 0 amide bonds. The van der Waals surface area contributed by atoms with Gasteiger partial charge in [-0.2, -0.15) is 0 Å². The van der Waals surface area contributed by atoms with Crippen LogP contribution in [0.1, 0.15) is 5.56 Å². The maximum Gasteiger partial charge on any atom is 0.123 e. The third-order valence-electron chi connectivity index (χ3n) is 2.17. The minimum atomic E-state index is 0.436. The summed E-state index contributed by atoms with van der Waals surface area (Å²) >= 11 is 0. The number of rotatable bonds is 3. The van der Waals surface area contributed by atoms with E-state index in [1.807, 2.05) is 18.2 Å². The van der Waals surface area contributed by atoms with Crippen molar-refractivity contribution in [1.29, 1.82) is 0 Å². The first-order valence-corrected chi connectivity index (χ1v) is 4.59. The van der Waals surface area contributed by atoms with Crippen molar-refractivity contribution in [2.75, 3.05) is 7.11 Å². The van der Waals surface area contributed by atoms with Crippen LogP contribution in [0.4, 0.5) is 0 Å². The molecular formula is C10H12N4O. The number of hydrogen-bond donors (Lipinski definition) is 1. The molecule has 2 aromatic rings. The summed E-state index contributed by atoms with van der Waals surface area (Å²) in [4.78, 5) is 0. The molecule has 1 aromatic heterocycles. The van der Waals surface area contributed by atoms with Crippen LogP contribution in [0.5, 0.6) is 5.75 Å². The molecule has 0 fully saturated rings. The highest BCUT2D eigenvalue weighted by Gasteiger charge is 2.04. The van der Waals surface area contributed by atoms with Crippen LogP contribution < -0.4 is 10.5 Å². The summed E-state index contributed by atoms with van der Waals surface area (Å²) in [7, 11) is 1.63. The lowest BCUT2D eigenvalue weighted by molar-refractivity contribution is 0.409. The maximum absolute atomic E-state index is 5.62. The first-order chi connectivity index (χ1) is 7.35. The highest BCUT2D eigenvalue weighted by atomic mass is 16.5. The molecule has 15 heavy (non-hydrogen) atoms. The van der Waals surface area contributed by atoms with Gasteiger partial charge in [-0.05, 0) is 18.2 Å². The van der Waals surface area contributed by atoms with Crippen molar-refractivity contribution >= 4 is 0 Å². The third kappa shape index (κ3) is 1.82. The Hall–Kier alpha value is -1.88. The molecule has 0 unspecified atom stereocenters. The molecule has 0 aliphatic heterocycles. The molecule has 1 aromatic carbocycles. The van der Waals surface area contributed by atoms with Crippen LogP contribution in [0, 0.1) is 0 Å². The van der Waals surface area contributed by atoms with Crippen molar-refractivity contribution in [3.8, 4) is 11.4 Å². The van der Waals surface area contributed by atoms with Gasteiger partial charge >= 0.3 is 0 Å². The Balaban J connectivity index is 2.43. The first kappa shape index (κ1) is 9.67. The smallest absolute Gasteiger partial charge is 0.123 e. The second kappa shape index (κ2) is 4.10. The molecule has 0 saturated carbocycles. The van der Waals surface area contributed by atoms with Crippen molar-refractivity contribution in [3.63, 3.8) is 0 Å². The molecule has 0 aliphatic carbocycles. The molecule has 2 rings (SSSR count). The zero-order valence-corrected chi connectivity index (χ0v) is 8.42. The van der Waals surface area contributed by atoms with Crippen LogP contribution in [0.25, 0.3) is 5.69 Å². The van der Waals surface area contributed by atoms with Gasteiger partial charge in [-0.3, -0.25) is 0 Å². The second-order valence-electron chi connectivity index (χ2n) is 3.05. The predicted molar refractivity (Wildman–Crippen MR) is 55.8 cm³/mol. The van der Waals surface area contributed by atoms with Crippen LogP contribution in [0.2, 0.25) is 0 Å². The van der Waals surface area contributed by atoms with Crippen molar-refractivity contribution in [2.45, 2.75) is 6.54 Å². The van der Waals surface area contributed by atoms with Gasteiger partial charge in [-0.25, -0.2) is 4.68 Å². The van der Waals surface area contributed by atoms with Crippen LogP contribution >= 0.6 is 0 Å². The van der Waals surface area contributed by atoms with Crippen LogP contribution in [0.3, 0.4) is 0 Å². The van der Waals surface area contributed by atoms with Crippen molar-refractivity contribution < 1.29 is 4.74 Å². The summed E-state index contributed by atoms with van der Waals surface area (Å²) in [5.41, 5.74) is 7.50.